The van der Waals surface area contributed by atoms with E-state index in [0.29, 0.717) is 5.95 Å². The van der Waals surface area contributed by atoms with Crippen LogP contribution in [0.2, 0.25) is 0 Å². The lowest BCUT2D eigenvalue weighted by Gasteiger charge is -2.08. The van der Waals surface area contributed by atoms with E-state index in [1.165, 1.54) is 11.1 Å². The van der Waals surface area contributed by atoms with Crippen LogP contribution >= 0.6 is 0 Å². The van der Waals surface area contributed by atoms with Gasteiger partial charge in [-0.2, -0.15) is 0 Å². The van der Waals surface area contributed by atoms with E-state index in [0.717, 1.165) is 29.7 Å². The Morgan fingerprint density at radius 1 is 1.10 bits per heavy atom. The number of nitrogen functional groups attached to an aromatic ring is 1. The number of rotatable bonds is 4. The molecule has 0 radical (unpaired) electrons. The smallest absolute Gasteiger partial charge is 0.201 e. The van der Waals surface area contributed by atoms with Gasteiger partial charge in [-0.25, -0.2) is 4.98 Å². The molecule has 0 aliphatic heterocycles. The summed E-state index contributed by atoms with van der Waals surface area (Å²) in [4.78, 5) is 4.41. The number of nitrogens with zero attached hydrogens (tertiary/aromatic N) is 2. The Kier molecular flexibility index (Phi) is 3.52. The summed E-state index contributed by atoms with van der Waals surface area (Å²) in [6, 6.07) is 14.4. The first-order chi connectivity index (χ1) is 10.2. The second-order valence-corrected chi connectivity index (χ2v) is 5.08. The van der Waals surface area contributed by atoms with Crippen molar-refractivity contribution in [2.75, 3.05) is 12.8 Å². The van der Waals surface area contributed by atoms with E-state index in [1.807, 2.05) is 22.8 Å². The fourth-order valence-electron chi connectivity index (χ4n) is 2.48. The van der Waals surface area contributed by atoms with Gasteiger partial charge in [-0.1, -0.05) is 31.2 Å². The number of ether oxygens (including phenoxy) is 1. The molecular weight excluding hydrogens is 262 g/mol. The molecule has 21 heavy (non-hydrogen) atoms. The highest BCUT2D eigenvalue weighted by Gasteiger charge is 2.09. The predicted molar refractivity (Wildman–Crippen MR) is 85.6 cm³/mol. The molecule has 0 saturated carbocycles. The maximum absolute atomic E-state index is 6.06. The van der Waals surface area contributed by atoms with Gasteiger partial charge in [0.25, 0.3) is 0 Å². The number of aryl methyl sites for hydroxylation is 1. The minimum absolute atomic E-state index is 0.526. The van der Waals surface area contributed by atoms with Gasteiger partial charge in [0.15, 0.2) is 0 Å². The number of imidazole rings is 1. The minimum atomic E-state index is 0.526. The maximum atomic E-state index is 6.06. The highest BCUT2D eigenvalue weighted by Crippen LogP contribution is 2.23. The number of nitrogens with two attached hydrogens (primary N) is 1. The Labute approximate surface area is 124 Å². The molecule has 1 aromatic heterocycles. The molecule has 4 heteroatoms. The second kappa shape index (κ2) is 5.48. The van der Waals surface area contributed by atoms with Crippen molar-refractivity contribution in [1.29, 1.82) is 0 Å². The first-order valence-corrected chi connectivity index (χ1v) is 7.09. The van der Waals surface area contributed by atoms with Crippen LogP contribution in [-0.4, -0.2) is 16.7 Å². The molecule has 0 fully saturated rings. The molecule has 0 spiro atoms. The van der Waals surface area contributed by atoms with E-state index < -0.39 is 0 Å². The molecule has 0 amide bonds. The molecule has 1 heterocycles. The largest absolute Gasteiger partial charge is 0.497 e. The molecule has 0 atom stereocenters. The zero-order chi connectivity index (χ0) is 14.8. The summed E-state index contributed by atoms with van der Waals surface area (Å²) in [6.45, 7) is 2.88. The van der Waals surface area contributed by atoms with Crippen LogP contribution in [0.1, 0.15) is 18.1 Å². The second-order valence-electron chi connectivity index (χ2n) is 5.08. The van der Waals surface area contributed by atoms with Crippen LogP contribution in [0.3, 0.4) is 0 Å². The predicted octanol–water partition coefficient (Wildman–Crippen LogP) is 3.24. The van der Waals surface area contributed by atoms with Crippen molar-refractivity contribution in [2.45, 2.75) is 19.9 Å². The third-order valence-electron chi connectivity index (χ3n) is 3.76. The lowest BCUT2D eigenvalue weighted by Crippen LogP contribution is -2.04. The van der Waals surface area contributed by atoms with E-state index in [-0.39, 0.29) is 0 Å². The van der Waals surface area contributed by atoms with Crippen LogP contribution in [0.15, 0.2) is 42.5 Å². The van der Waals surface area contributed by atoms with Crippen LogP contribution in [-0.2, 0) is 13.0 Å². The van der Waals surface area contributed by atoms with Gasteiger partial charge in [0, 0.05) is 6.07 Å². The number of anilines is 1. The monoisotopic (exact) mass is 281 g/mol. The van der Waals surface area contributed by atoms with Crippen LogP contribution in [0.4, 0.5) is 5.95 Å². The molecule has 0 aliphatic carbocycles. The minimum Gasteiger partial charge on any atom is -0.497 e. The van der Waals surface area contributed by atoms with Gasteiger partial charge in [-0.15, -0.1) is 0 Å². The zero-order valence-corrected chi connectivity index (χ0v) is 12.3. The fourth-order valence-corrected chi connectivity index (χ4v) is 2.48. The molecule has 0 bridgehead atoms. The average Bonchev–Trinajstić information content (AvgIpc) is 2.83. The molecule has 108 valence electrons. The fraction of sp³-hybridized carbons (Fsp3) is 0.235. The van der Waals surface area contributed by atoms with Gasteiger partial charge >= 0.3 is 0 Å². The molecule has 0 aliphatic rings. The van der Waals surface area contributed by atoms with Gasteiger partial charge in [-0.05, 0) is 29.7 Å². The topological polar surface area (TPSA) is 53.1 Å². The first-order valence-electron chi connectivity index (χ1n) is 7.09. The Morgan fingerprint density at radius 2 is 1.81 bits per heavy atom. The summed E-state index contributed by atoms with van der Waals surface area (Å²) in [5.74, 6) is 1.32. The normalized spacial score (nSPS) is 11.0. The molecule has 4 nitrogen and oxygen atoms in total. The quantitative estimate of drug-likeness (QED) is 0.798. The lowest BCUT2D eigenvalue weighted by molar-refractivity contribution is 0.415. The summed E-state index contributed by atoms with van der Waals surface area (Å²) in [5, 5.41) is 0. The standard InChI is InChI=1S/C17H19N3O/c1-3-12-4-6-13(7-5-12)11-20-16-9-8-14(21-2)10-15(16)19-17(20)18/h4-10H,3,11H2,1-2H3,(H2,18,19). The number of hydrogen-bond donors (Lipinski definition) is 1. The SMILES string of the molecule is CCc1ccc(Cn2c(N)nc3cc(OC)ccc32)cc1. The van der Waals surface area contributed by atoms with Gasteiger partial charge in [-0.3, -0.25) is 0 Å². The molecule has 2 N–H and O–H groups in total. The molecule has 0 saturated heterocycles. The van der Waals surface area contributed by atoms with Crippen LogP contribution in [0.25, 0.3) is 11.0 Å². The van der Waals surface area contributed by atoms with E-state index in [1.54, 1.807) is 7.11 Å². The number of aromatic nitrogens is 2. The van der Waals surface area contributed by atoms with Crippen molar-refractivity contribution in [2.24, 2.45) is 0 Å². The van der Waals surface area contributed by atoms with Gasteiger partial charge < -0.3 is 15.0 Å². The number of fused-ring (bicyclic) bond motifs is 1. The summed E-state index contributed by atoms with van der Waals surface area (Å²) in [5.41, 5.74) is 10.5. The number of benzene rings is 2. The van der Waals surface area contributed by atoms with Crippen LogP contribution < -0.4 is 10.5 Å². The van der Waals surface area contributed by atoms with Crippen molar-refractivity contribution in [3.63, 3.8) is 0 Å². The molecule has 2 aromatic carbocycles. The summed E-state index contributed by atoms with van der Waals surface area (Å²) < 4.78 is 7.25. The maximum Gasteiger partial charge on any atom is 0.201 e. The Bertz CT molecular complexity index is 760. The van der Waals surface area contributed by atoms with Crippen molar-refractivity contribution < 1.29 is 4.74 Å². The Balaban J connectivity index is 1.97. The third kappa shape index (κ3) is 2.57. The lowest BCUT2D eigenvalue weighted by atomic mass is 10.1. The summed E-state index contributed by atoms with van der Waals surface area (Å²) in [6.07, 6.45) is 1.05. The molecular formula is C17H19N3O. The van der Waals surface area contributed by atoms with E-state index in [2.05, 4.69) is 36.2 Å². The van der Waals surface area contributed by atoms with Crippen molar-refractivity contribution in [1.82, 2.24) is 9.55 Å². The molecule has 3 aromatic rings. The van der Waals surface area contributed by atoms with Gasteiger partial charge in [0.1, 0.15) is 5.75 Å². The number of hydrogen-bond acceptors (Lipinski definition) is 3. The third-order valence-corrected chi connectivity index (χ3v) is 3.76. The number of methoxy groups -OCH3 is 1. The van der Waals surface area contributed by atoms with Crippen LogP contribution in [0, 0.1) is 0 Å². The van der Waals surface area contributed by atoms with Crippen LogP contribution in [0.5, 0.6) is 5.75 Å². The highest BCUT2D eigenvalue weighted by atomic mass is 16.5. The average molecular weight is 281 g/mol. The highest BCUT2D eigenvalue weighted by molar-refractivity contribution is 5.80. The van der Waals surface area contributed by atoms with Crippen molar-refractivity contribution >= 4 is 17.0 Å². The summed E-state index contributed by atoms with van der Waals surface area (Å²) >= 11 is 0. The van der Waals surface area contributed by atoms with Gasteiger partial charge in [0.05, 0.1) is 24.7 Å². The van der Waals surface area contributed by atoms with E-state index in [9.17, 15) is 0 Å². The zero-order valence-electron chi connectivity index (χ0n) is 12.3. The molecule has 0 unspecified atom stereocenters. The Morgan fingerprint density at radius 3 is 2.48 bits per heavy atom. The van der Waals surface area contributed by atoms with Crippen molar-refractivity contribution in [3.05, 3.63) is 53.6 Å². The summed E-state index contributed by atoms with van der Waals surface area (Å²) in [7, 11) is 1.65. The van der Waals surface area contributed by atoms with E-state index >= 15 is 0 Å². The van der Waals surface area contributed by atoms with E-state index in [4.69, 9.17) is 10.5 Å². The Hall–Kier alpha value is -2.49. The molecule has 3 rings (SSSR count). The first kappa shape index (κ1) is 13.5. The van der Waals surface area contributed by atoms with Crippen molar-refractivity contribution in [3.8, 4) is 5.75 Å². The van der Waals surface area contributed by atoms with Gasteiger partial charge in [0.2, 0.25) is 5.95 Å².